The van der Waals surface area contributed by atoms with Crippen molar-refractivity contribution in [3.8, 4) is 0 Å². The molecule has 0 saturated heterocycles. The van der Waals surface area contributed by atoms with Crippen LogP contribution in [0.4, 0.5) is 0 Å². The Morgan fingerprint density at radius 1 is 1.21 bits per heavy atom. The fraction of sp³-hybridized carbons (Fsp3) is 0.308. The first-order valence-corrected chi connectivity index (χ1v) is 10.4. The standard InChI is InChI=1S/C8H15O2S2Si.C5H5.Co/c1-10-8(9)7(5-11)12-6-13(2,3)4;1-2-4-5-3-1;/h5-6,11H,1-4H3;1-5H;/q-1;;+3/p-1/b7-5-;;. The van der Waals surface area contributed by atoms with Gasteiger partial charge in [-0.25, -0.2) is 4.79 Å². The predicted octanol–water partition coefficient (Wildman–Crippen LogP) is 3.34. The first-order valence-electron chi connectivity index (χ1n) is 5.49. The summed E-state index contributed by atoms with van der Waals surface area (Å²) in [6, 6.07) is 0. The molecule has 0 aliphatic heterocycles. The zero-order chi connectivity index (χ0) is 14.0. The molecule has 0 amide bonds. The van der Waals surface area contributed by atoms with Gasteiger partial charge in [0.15, 0.2) is 0 Å². The van der Waals surface area contributed by atoms with Gasteiger partial charge in [-0.2, -0.15) is 5.41 Å². The molecule has 1 saturated carbocycles. The van der Waals surface area contributed by atoms with E-state index >= 15 is 0 Å². The summed E-state index contributed by atoms with van der Waals surface area (Å²) in [6.45, 7) is 6.58. The topological polar surface area (TPSA) is 26.3 Å². The van der Waals surface area contributed by atoms with E-state index in [-0.39, 0.29) is 22.7 Å². The number of esters is 1. The van der Waals surface area contributed by atoms with Gasteiger partial charge in [0.05, 0.1) is 7.11 Å². The molecular weight excluding hydrogens is 339 g/mol. The Labute approximate surface area is 139 Å². The van der Waals surface area contributed by atoms with Crippen LogP contribution in [0.2, 0.25) is 19.6 Å². The Morgan fingerprint density at radius 2 is 1.63 bits per heavy atom. The molecule has 2 nitrogen and oxygen atoms in total. The maximum atomic E-state index is 11.1. The van der Waals surface area contributed by atoms with E-state index < -0.39 is 8.07 Å². The summed E-state index contributed by atoms with van der Waals surface area (Å²) in [4.78, 5) is 11.6. The quantitative estimate of drug-likeness (QED) is 0.253. The number of hydrogen-bond acceptors (Lipinski definition) is 4. The molecule has 0 spiro atoms. The Balaban J connectivity index is 0. The van der Waals surface area contributed by atoms with Gasteiger partial charge < -0.3 is 29.1 Å². The van der Waals surface area contributed by atoms with Crippen LogP contribution in [0.25, 0.3) is 0 Å². The van der Waals surface area contributed by atoms with E-state index in [9.17, 15) is 4.79 Å². The van der Waals surface area contributed by atoms with Crippen LogP contribution in [0.3, 0.4) is 0 Å². The number of carbonyl (C=O) groups excluding carboxylic acids is 1. The summed E-state index contributed by atoms with van der Waals surface area (Å²) in [7, 11) is 0.106. The summed E-state index contributed by atoms with van der Waals surface area (Å²) < 4.78 is 4.57. The summed E-state index contributed by atoms with van der Waals surface area (Å²) in [5.41, 5.74) is 0. The normalized spacial score (nSPS) is 15.1. The third-order valence-electron chi connectivity index (χ3n) is 1.59. The van der Waals surface area contributed by atoms with Crippen molar-refractivity contribution in [2.75, 3.05) is 7.11 Å². The first kappa shape index (κ1) is 21.8. The molecule has 1 fully saturated rings. The Hall–Kier alpha value is 0.503. The van der Waals surface area contributed by atoms with Crippen molar-refractivity contribution in [2.24, 2.45) is 0 Å². The maximum Gasteiger partial charge on any atom is 3.00 e. The molecule has 19 heavy (non-hydrogen) atoms. The summed E-state index contributed by atoms with van der Waals surface area (Å²) in [6.07, 6.45) is 10.0. The van der Waals surface area contributed by atoms with Crippen molar-refractivity contribution in [2.45, 2.75) is 19.6 Å². The maximum absolute atomic E-state index is 11.1. The number of ether oxygens (including phenoxy) is 1. The van der Waals surface area contributed by atoms with Gasteiger partial charge in [-0.15, -0.1) is 0 Å². The van der Waals surface area contributed by atoms with E-state index in [1.807, 2.05) is 32.1 Å². The smallest absolute Gasteiger partial charge is 0.786 e. The van der Waals surface area contributed by atoms with Gasteiger partial charge >= 0.3 is 22.7 Å². The number of hydrogen-bond donors (Lipinski definition) is 0. The zero-order valence-electron chi connectivity index (χ0n) is 11.5. The van der Waals surface area contributed by atoms with Crippen LogP contribution in [0, 0.1) is 37.5 Å². The molecule has 0 N–H and O–H groups in total. The molecule has 0 unspecified atom stereocenters. The first-order chi connectivity index (χ1) is 8.40. The van der Waals surface area contributed by atoms with Crippen LogP contribution in [-0.2, 0) is 38.9 Å². The predicted molar refractivity (Wildman–Crippen MR) is 84.2 cm³/mol. The van der Waals surface area contributed by atoms with Crippen molar-refractivity contribution < 1.29 is 26.3 Å². The van der Waals surface area contributed by atoms with Crippen LogP contribution in [0.15, 0.2) is 10.3 Å². The van der Waals surface area contributed by atoms with Crippen molar-refractivity contribution >= 4 is 38.4 Å². The fourth-order valence-electron chi connectivity index (χ4n) is 0.786. The molecule has 0 aromatic heterocycles. The van der Waals surface area contributed by atoms with Crippen LogP contribution in [0.5, 0.6) is 0 Å². The van der Waals surface area contributed by atoms with Crippen LogP contribution >= 0.6 is 11.8 Å². The Kier molecular flexibility index (Phi) is 14.1. The number of thioether (sulfide) groups is 1. The molecule has 0 aromatic carbocycles. The Bertz CT molecular complexity index is 267. The fourth-order valence-corrected chi connectivity index (χ4v) is 3.21. The van der Waals surface area contributed by atoms with E-state index in [0.29, 0.717) is 4.91 Å². The number of carbonyl (C=O) groups is 1. The Morgan fingerprint density at radius 3 is 1.89 bits per heavy atom. The summed E-state index contributed by atoms with van der Waals surface area (Å²) >= 11 is 6.10. The molecule has 5 radical (unpaired) electrons. The minimum absolute atomic E-state index is 0. The molecule has 1 rings (SSSR count). The van der Waals surface area contributed by atoms with Crippen molar-refractivity contribution in [3.05, 3.63) is 47.8 Å². The van der Waals surface area contributed by atoms with Gasteiger partial charge in [0.1, 0.15) is 0 Å². The van der Waals surface area contributed by atoms with Gasteiger partial charge in [0.25, 0.3) is 0 Å². The summed E-state index contributed by atoms with van der Waals surface area (Å²) in [5.74, 6) is -0.352. The second-order valence-electron chi connectivity index (χ2n) is 4.54. The van der Waals surface area contributed by atoms with Crippen molar-refractivity contribution in [3.63, 3.8) is 0 Å². The third kappa shape index (κ3) is 13.2. The molecule has 0 bridgehead atoms. The molecular formula is C13H19CoO2S2Si+. The number of methoxy groups -OCH3 is 1. The van der Waals surface area contributed by atoms with Crippen LogP contribution in [0.1, 0.15) is 0 Å². The molecule has 0 heterocycles. The average Bonchev–Trinajstić information content (AvgIpc) is 2.86. The molecule has 107 valence electrons. The second kappa shape index (κ2) is 12.3. The molecule has 6 heteroatoms. The van der Waals surface area contributed by atoms with Gasteiger partial charge in [0, 0.05) is 4.91 Å². The second-order valence-corrected chi connectivity index (χ2v) is 11.1. The van der Waals surface area contributed by atoms with E-state index in [1.165, 1.54) is 24.3 Å². The van der Waals surface area contributed by atoms with Gasteiger partial charge in [-0.05, 0) is 32.1 Å². The van der Waals surface area contributed by atoms with Crippen LogP contribution in [-0.4, -0.2) is 21.2 Å². The monoisotopic (exact) mass is 358 g/mol. The number of rotatable bonds is 4. The molecule has 0 aromatic rings. The van der Waals surface area contributed by atoms with Gasteiger partial charge in [-0.3, -0.25) is 5.38 Å². The van der Waals surface area contributed by atoms with Crippen molar-refractivity contribution in [1.82, 2.24) is 0 Å². The minimum atomic E-state index is -1.25. The van der Waals surface area contributed by atoms with Crippen molar-refractivity contribution in [1.29, 1.82) is 0 Å². The molecule has 1 aliphatic rings. The van der Waals surface area contributed by atoms with E-state index in [2.05, 4.69) is 29.8 Å². The van der Waals surface area contributed by atoms with E-state index in [4.69, 9.17) is 12.6 Å². The zero-order valence-corrected chi connectivity index (χ0v) is 15.2. The van der Waals surface area contributed by atoms with Gasteiger partial charge in [-0.1, -0.05) is 27.7 Å². The third-order valence-corrected chi connectivity index (χ3v) is 5.81. The van der Waals surface area contributed by atoms with E-state index in [0.717, 1.165) is 0 Å². The van der Waals surface area contributed by atoms with Crippen LogP contribution < -0.4 is 0 Å². The SMILES string of the molecule is COC(=O)/C(=C/[S-])S[CH-][Si](C)(C)C.[CH]1[CH][CH][CH][CH]1.[Co+3]. The summed E-state index contributed by atoms with van der Waals surface area (Å²) in [5, 5.41) is 3.47. The largest absolute Gasteiger partial charge is 3.00 e. The average molecular weight is 358 g/mol. The molecule has 1 aliphatic carbocycles. The minimum Gasteiger partial charge on any atom is -0.786 e. The van der Waals surface area contributed by atoms with E-state index in [1.54, 1.807) is 0 Å². The van der Waals surface area contributed by atoms with Gasteiger partial charge in [0.2, 0.25) is 0 Å². The molecule has 0 atom stereocenters.